The number of hydrogen-bond donors (Lipinski definition) is 0. The van der Waals surface area contributed by atoms with Gasteiger partial charge in [-0.25, -0.2) is 0 Å². The second kappa shape index (κ2) is 4.13. The average Bonchev–Trinajstić information content (AvgIpc) is 2.38. The SMILES string of the molecule is O=c1c(CCl)csc2ccc3ccccc3c12. The van der Waals surface area contributed by atoms with Gasteiger partial charge in [0.05, 0.1) is 5.88 Å². The van der Waals surface area contributed by atoms with Crippen LogP contribution < -0.4 is 5.43 Å². The monoisotopic (exact) mass is 260 g/mol. The number of fused-ring (bicyclic) bond motifs is 3. The maximum Gasteiger partial charge on any atom is 0.193 e. The second-order valence-electron chi connectivity index (χ2n) is 3.88. The molecule has 3 heteroatoms. The van der Waals surface area contributed by atoms with Gasteiger partial charge in [-0.15, -0.1) is 22.9 Å². The molecule has 0 saturated carbocycles. The van der Waals surface area contributed by atoms with Gasteiger partial charge >= 0.3 is 0 Å². The van der Waals surface area contributed by atoms with Crippen molar-refractivity contribution in [3.63, 3.8) is 0 Å². The molecule has 3 aromatic rings. The molecule has 0 fully saturated rings. The normalized spacial score (nSPS) is 11.1. The molecule has 0 aliphatic heterocycles. The van der Waals surface area contributed by atoms with Gasteiger partial charge in [-0.1, -0.05) is 30.3 Å². The molecule has 17 heavy (non-hydrogen) atoms. The molecule has 0 N–H and O–H groups in total. The summed E-state index contributed by atoms with van der Waals surface area (Å²) in [5.41, 5.74) is 0.742. The Kier molecular flexibility index (Phi) is 2.61. The van der Waals surface area contributed by atoms with E-state index in [1.54, 1.807) is 11.3 Å². The van der Waals surface area contributed by atoms with E-state index in [9.17, 15) is 4.79 Å². The highest BCUT2D eigenvalue weighted by atomic mass is 35.5. The zero-order valence-electron chi connectivity index (χ0n) is 8.94. The number of halogens is 1. The van der Waals surface area contributed by atoms with Crippen molar-refractivity contribution in [2.75, 3.05) is 0 Å². The summed E-state index contributed by atoms with van der Waals surface area (Å²) in [5, 5.41) is 4.76. The Labute approximate surface area is 107 Å². The largest absolute Gasteiger partial charge is 0.289 e. The molecule has 0 aliphatic carbocycles. The summed E-state index contributed by atoms with van der Waals surface area (Å²) in [6, 6.07) is 12.0. The Morgan fingerprint density at radius 2 is 1.94 bits per heavy atom. The molecule has 2 aromatic carbocycles. The highest BCUT2D eigenvalue weighted by molar-refractivity contribution is 7.16. The first kappa shape index (κ1) is 10.8. The van der Waals surface area contributed by atoms with Crippen LogP contribution in [0.2, 0.25) is 0 Å². The Hall–Kier alpha value is -1.38. The molecule has 0 amide bonds. The Morgan fingerprint density at radius 3 is 2.76 bits per heavy atom. The Morgan fingerprint density at radius 1 is 1.12 bits per heavy atom. The molecule has 0 bridgehead atoms. The van der Waals surface area contributed by atoms with E-state index >= 15 is 0 Å². The smallest absolute Gasteiger partial charge is 0.193 e. The van der Waals surface area contributed by atoms with Crippen LogP contribution >= 0.6 is 22.9 Å². The molecule has 0 spiro atoms. The lowest BCUT2D eigenvalue weighted by atomic mass is 10.1. The molecule has 1 nitrogen and oxygen atoms in total. The number of hydrogen-bond acceptors (Lipinski definition) is 2. The minimum atomic E-state index is 0.0607. The minimum Gasteiger partial charge on any atom is -0.289 e. The van der Waals surface area contributed by atoms with Crippen LogP contribution in [0.3, 0.4) is 0 Å². The summed E-state index contributed by atoms with van der Waals surface area (Å²) in [5.74, 6) is 0.272. The topological polar surface area (TPSA) is 17.1 Å². The quantitative estimate of drug-likeness (QED) is 0.474. The first-order valence-electron chi connectivity index (χ1n) is 5.29. The van der Waals surface area contributed by atoms with Crippen LogP contribution in [0.25, 0.3) is 20.9 Å². The van der Waals surface area contributed by atoms with Crippen molar-refractivity contribution in [1.29, 1.82) is 0 Å². The van der Waals surface area contributed by atoms with E-state index < -0.39 is 0 Å². The van der Waals surface area contributed by atoms with Crippen molar-refractivity contribution in [3.8, 4) is 0 Å². The Balaban J connectivity index is 2.60. The summed E-state index contributed by atoms with van der Waals surface area (Å²) in [6.45, 7) is 0. The van der Waals surface area contributed by atoms with E-state index in [2.05, 4.69) is 0 Å². The molecule has 0 radical (unpaired) electrons. The lowest BCUT2D eigenvalue weighted by Crippen LogP contribution is -2.06. The summed E-state index contributed by atoms with van der Waals surface area (Å²) in [6.07, 6.45) is 0. The lowest BCUT2D eigenvalue weighted by Gasteiger charge is -2.03. The van der Waals surface area contributed by atoms with Gasteiger partial charge in [0.2, 0.25) is 0 Å². The Bertz CT molecular complexity index is 761. The molecule has 1 heterocycles. The van der Waals surface area contributed by atoms with Crippen LogP contribution in [-0.4, -0.2) is 0 Å². The van der Waals surface area contributed by atoms with E-state index in [0.717, 1.165) is 20.9 Å². The summed E-state index contributed by atoms with van der Waals surface area (Å²) in [4.78, 5) is 12.3. The third-order valence-electron chi connectivity index (χ3n) is 2.88. The average molecular weight is 261 g/mol. The van der Waals surface area contributed by atoms with Crippen molar-refractivity contribution in [2.45, 2.75) is 5.88 Å². The van der Waals surface area contributed by atoms with Gasteiger partial charge in [0.15, 0.2) is 5.43 Å². The molecule has 0 aliphatic rings. The number of benzene rings is 2. The third-order valence-corrected chi connectivity index (χ3v) is 4.17. The maximum atomic E-state index is 12.3. The van der Waals surface area contributed by atoms with Crippen LogP contribution in [0, 0.1) is 0 Å². The van der Waals surface area contributed by atoms with Gasteiger partial charge in [0.25, 0.3) is 0 Å². The van der Waals surface area contributed by atoms with Crippen LogP contribution in [0.5, 0.6) is 0 Å². The van der Waals surface area contributed by atoms with Crippen molar-refractivity contribution >= 4 is 43.8 Å². The predicted octanol–water partition coefficient (Wildman–Crippen LogP) is 4.15. The minimum absolute atomic E-state index is 0.0607. The molecule has 0 saturated heterocycles. The summed E-state index contributed by atoms with van der Waals surface area (Å²) in [7, 11) is 0. The van der Waals surface area contributed by atoms with Crippen LogP contribution in [0.1, 0.15) is 5.56 Å². The highest BCUT2D eigenvalue weighted by Gasteiger charge is 2.07. The molecule has 0 unspecified atom stereocenters. The van der Waals surface area contributed by atoms with E-state index in [4.69, 9.17) is 11.6 Å². The number of rotatable bonds is 1. The zero-order chi connectivity index (χ0) is 11.8. The highest BCUT2D eigenvalue weighted by Crippen LogP contribution is 2.26. The molecular formula is C14H9ClOS. The second-order valence-corrected chi connectivity index (χ2v) is 5.06. The van der Waals surface area contributed by atoms with E-state index in [0.29, 0.717) is 5.56 Å². The van der Waals surface area contributed by atoms with Crippen molar-refractivity contribution in [2.24, 2.45) is 0 Å². The summed E-state index contributed by atoms with van der Waals surface area (Å²) >= 11 is 7.36. The van der Waals surface area contributed by atoms with Crippen LogP contribution in [0.15, 0.2) is 46.6 Å². The van der Waals surface area contributed by atoms with Gasteiger partial charge in [-0.05, 0) is 22.2 Å². The van der Waals surface area contributed by atoms with Gasteiger partial charge in [0, 0.05) is 15.6 Å². The molecule has 84 valence electrons. The van der Waals surface area contributed by atoms with E-state index in [1.807, 2.05) is 41.8 Å². The fourth-order valence-electron chi connectivity index (χ4n) is 2.02. The van der Waals surface area contributed by atoms with Gasteiger partial charge < -0.3 is 0 Å². The van der Waals surface area contributed by atoms with Gasteiger partial charge in [0.1, 0.15) is 0 Å². The lowest BCUT2D eigenvalue weighted by molar-refractivity contribution is 1.40. The fourth-order valence-corrected chi connectivity index (χ4v) is 3.24. The van der Waals surface area contributed by atoms with Crippen LogP contribution in [-0.2, 0) is 5.88 Å². The van der Waals surface area contributed by atoms with Crippen molar-refractivity contribution in [1.82, 2.24) is 0 Å². The van der Waals surface area contributed by atoms with Crippen molar-refractivity contribution < 1.29 is 0 Å². The standard InChI is InChI=1S/C14H9ClOS/c15-7-10-8-17-12-6-5-9-3-1-2-4-11(9)13(12)14(10)16/h1-6,8H,7H2. The fraction of sp³-hybridized carbons (Fsp3) is 0.0714. The van der Waals surface area contributed by atoms with Crippen molar-refractivity contribution in [3.05, 3.63) is 57.6 Å². The van der Waals surface area contributed by atoms with E-state index in [-0.39, 0.29) is 11.3 Å². The first-order chi connectivity index (χ1) is 8.31. The summed E-state index contributed by atoms with van der Waals surface area (Å²) < 4.78 is 1.02. The van der Waals surface area contributed by atoms with Gasteiger partial charge in [-0.2, -0.15) is 0 Å². The number of alkyl halides is 1. The zero-order valence-corrected chi connectivity index (χ0v) is 10.5. The molecule has 1 aromatic heterocycles. The molecular weight excluding hydrogens is 252 g/mol. The van der Waals surface area contributed by atoms with Crippen LogP contribution in [0.4, 0.5) is 0 Å². The first-order valence-corrected chi connectivity index (χ1v) is 6.71. The van der Waals surface area contributed by atoms with E-state index in [1.165, 1.54) is 0 Å². The predicted molar refractivity (Wildman–Crippen MR) is 75.2 cm³/mol. The molecule has 0 atom stereocenters. The molecule has 3 rings (SSSR count). The maximum absolute atomic E-state index is 12.3. The van der Waals surface area contributed by atoms with Gasteiger partial charge in [-0.3, -0.25) is 4.79 Å². The third kappa shape index (κ3) is 1.65.